The Hall–Kier alpha value is -6.28. The molecule has 4 atom stereocenters. The van der Waals surface area contributed by atoms with Crippen LogP contribution in [0.4, 0.5) is 0 Å². The first-order chi connectivity index (χ1) is 31.9. The Kier molecular flexibility index (Phi) is 13.4. The zero-order valence-electron chi connectivity index (χ0n) is 38.4. The number of hydrogen-bond acceptors (Lipinski definition) is 6. The quantitative estimate of drug-likeness (QED) is 0.106. The summed E-state index contributed by atoms with van der Waals surface area (Å²) in [4.78, 5) is 54.9. The Morgan fingerprint density at radius 3 is 1.97 bits per heavy atom. The van der Waals surface area contributed by atoms with E-state index in [1.165, 1.54) is 22.4 Å². The second-order valence-electron chi connectivity index (χ2n) is 17.6. The molecule has 0 radical (unpaired) electrons. The number of benzene rings is 4. The number of carbonyl (C=O) groups excluding carboxylic acids is 2. The summed E-state index contributed by atoms with van der Waals surface area (Å²) in [7, 11) is 0. The van der Waals surface area contributed by atoms with Gasteiger partial charge in [-0.25, -0.2) is 9.97 Å². The predicted octanol–water partition coefficient (Wildman–Crippen LogP) is 10.1. The summed E-state index contributed by atoms with van der Waals surface area (Å²) in [5, 5.41) is 0. The molecule has 0 spiro atoms. The van der Waals surface area contributed by atoms with Gasteiger partial charge in [0.05, 0.1) is 23.6 Å². The summed E-state index contributed by atoms with van der Waals surface area (Å²) in [6.45, 7) is 12.9. The van der Waals surface area contributed by atoms with Gasteiger partial charge in [-0.2, -0.15) is 0 Å². The lowest BCUT2D eigenvalue weighted by Gasteiger charge is -2.36. The number of likely N-dealkylation sites (N-methyl/N-ethyl adjacent to an activating group) is 2. The van der Waals surface area contributed by atoms with Crippen molar-refractivity contribution in [3.05, 3.63) is 143 Å². The number of nitrogens with one attached hydrogen (secondary N) is 2. The standard InChI is InChI=1S/C55H62N8O2/c1-5-60(6-2)50(40-20-11-9-12-21-40)54(64)62-34-18-17-26-47(62)52-56-37-46(58-52)39-30-28-38(29-31-39)42-32-33-44-43(36-42)24-15-16-25-45-49(44)59-53(57-45)48-27-19-35-63(48)55(65)51(61(7-3)8-4)41-22-13-10-14-23-41/h9-14,20-23,28-33,36-37,47-48,50-51H,5-8,15-16,18-19,24-25,27,34-35H2,1-4H3,(H,56,58)(H,57,59)/t47-,48-,50+,51+/m0/s1. The molecular formula is C55H62N8O2. The maximum Gasteiger partial charge on any atom is 0.245 e. The number of aromatic nitrogens is 4. The molecule has 2 amide bonds. The van der Waals surface area contributed by atoms with Crippen molar-refractivity contribution in [2.75, 3.05) is 39.3 Å². The molecule has 0 bridgehead atoms. The van der Waals surface area contributed by atoms with E-state index in [2.05, 4.69) is 119 Å². The van der Waals surface area contributed by atoms with E-state index in [9.17, 15) is 9.59 Å². The molecule has 1 saturated heterocycles. The number of imidazole rings is 2. The molecule has 65 heavy (non-hydrogen) atoms. The number of carbonyl (C=O) groups is 2. The van der Waals surface area contributed by atoms with Gasteiger partial charge < -0.3 is 19.8 Å². The van der Waals surface area contributed by atoms with E-state index >= 15 is 0 Å². The maximum atomic E-state index is 14.5. The van der Waals surface area contributed by atoms with Crippen molar-refractivity contribution in [3.63, 3.8) is 0 Å². The molecule has 3 aliphatic rings. The molecule has 6 aromatic rings. The lowest BCUT2D eigenvalue weighted by Crippen LogP contribution is -2.45. The minimum absolute atomic E-state index is 0.0529. The van der Waals surface area contributed by atoms with Crippen molar-refractivity contribution < 1.29 is 9.59 Å². The number of nitrogens with zero attached hydrogens (tertiary/aromatic N) is 6. The fourth-order valence-corrected chi connectivity index (χ4v) is 10.4. The number of hydrogen-bond donors (Lipinski definition) is 2. The first kappa shape index (κ1) is 43.9. The molecule has 2 N–H and O–H groups in total. The third-order valence-corrected chi connectivity index (χ3v) is 13.9. The van der Waals surface area contributed by atoms with Crippen LogP contribution < -0.4 is 0 Å². The van der Waals surface area contributed by atoms with Gasteiger partial charge in [-0.1, -0.05) is 143 Å². The number of aryl methyl sites for hydroxylation is 2. The molecule has 4 aromatic carbocycles. The number of likely N-dealkylation sites (tertiary alicyclic amines) is 1. The fraction of sp³-hybridized carbons (Fsp3) is 0.382. The number of amides is 2. The Bertz CT molecular complexity index is 2630. The van der Waals surface area contributed by atoms with Gasteiger partial charge in [0, 0.05) is 30.8 Å². The number of H-pyrrole nitrogens is 2. The van der Waals surface area contributed by atoms with Crippen LogP contribution in [0.3, 0.4) is 0 Å². The molecular weight excluding hydrogens is 805 g/mol. The Morgan fingerprint density at radius 2 is 1.31 bits per heavy atom. The molecule has 0 saturated carbocycles. The number of fused-ring (bicyclic) bond motifs is 3. The number of rotatable bonds is 14. The third kappa shape index (κ3) is 8.92. The molecule has 10 heteroatoms. The van der Waals surface area contributed by atoms with Crippen molar-refractivity contribution in [2.45, 2.75) is 96.8 Å². The molecule has 1 aliphatic carbocycles. The molecule has 1 fully saturated rings. The second-order valence-corrected chi connectivity index (χ2v) is 17.6. The average Bonchev–Trinajstić information content (AvgIpc) is 4.14. The van der Waals surface area contributed by atoms with Crippen LogP contribution in [0, 0.1) is 11.8 Å². The molecule has 4 heterocycles. The zero-order chi connectivity index (χ0) is 44.9. The summed E-state index contributed by atoms with van der Waals surface area (Å²) in [6.07, 6.45) is 8.46. The van der Waals surface area contributed by atoms with E-state index in [1.54, 1.807) is 0 Å². The van der Waals surface area contributed by atoms with Crippen LogP contribution in [0.5, 0.6) is 0 Å². The zero-order valence-corrected chi connectivity index (χ0v) is 38.4. The van der Waals surface area contributed by atoms with Gasteiger partial charge in [0.25, 0.3) is 0 Å². The summed E-state index contributed by atoms with van der Waals surface area (Å²) >= 11 is 0. The van der Waals surface area contributed by atoms with Crippen LogP contribution in [0.25, 0.3) is 33.6 Å². The van der Waals surface area contributed by atoms with Crippen LogP contribution in [-0.4, -0.2) is 90.6 Å². The molecule has 0 unspecified atom stereocenters. The maximum absolute atomic E-state index is 14.5. The van der Waals surface area contributed by atoms with Crippen molar-refractivity contribution in [1.82, 2.24) is 39.5 Å². The van der Waals surface area contributed by atoms with E-state index < -0.39 is 6.04 Å². The molecule has 9 rings (SSSR count). The molecule has 2 aromatic heterocycles. The Morgan fingerprint density at radius 1 is 0.692 bits per heavy atom. The van der Waals surface area contributed by atoms with E-state index in [0.29, 0.717) is 18.8 Å². The Labute approximate surface area is 384 Å². The third-order valence-electron chi connectivity index (χ3n) is 13.9. The minimum Gasteiger partial charge on any atom is -0.344 e. The summed E-state index contributed by atoms with van der Waals surface area (Å²) in [6, 6.07) is 34.5. The highest BCUT2D eigenvalue weighted by Gasteiger charge is 2.39. The van der Waals surface area contributed by atoms with Crippen molar-refractivity contribution in [3.8, 4) is 45.5 Å². The highest BCUT2D eigenvalue weighted by molar-refractivity contribution is 5.85. The molecule has 10 nitrogen and oxygen atoms in total. The van der Waals surface area contributed by atoms with E-state index in [-0.39, 0.29) is 29.9 Å². The molecule has 334 valence electrons. The van der Waals surface area contributed by atoms with Gasteiger partial charge in [0.2, 0.25) is 11.8 Å². The Balaban J connectivity index is 0.936. The van der Waals surface area contributed by atoms with Gasteiger partial charge in [-0.3, -0.25) is 19.4 Å². The first-order valence-corrected chi connectivity index (χ1v) is 24.0. The van der Waals surface area contributed by atoms with Crippen LogP contribution in [0.1, 0.15) is 118 Å². The van der Waals surface area contributed by atoms with Crippen LogP contribution in [0.15, 0.2) is 109 Å². The van der Waals surface area contributed by atoms with Gasteiger partial charge >= 0.3 is 0 Å². The topological polar surface area (TPSA) is 104 Å². The van der Waals surface area contributed by atoms with Gasteiger partial charge in [0.15, 0.2) is 6.04 Å². The van der Waals surface area contributed by atoms with Gasteiger partial charge in [0.1, 0.15) is 23.7 Å². The lowest BCUT2D eigenvalue weighted by atomic mass is 9.90. The van der Waals surface area contributed by atoms with Gasteiger partial charge in [-0.05, 0) is 98.1 Å². The van der Waals surface area contributed by atoms with Crippen LogP contribution in [0.2, 0.25) is 0 Å². The van der Waals surface area contributed by atoms with Crippen LogP contribution >= 0.6 is 0 Å². The predicted molar refractivity (Wildman–Crippen MR) is 258 cm³/mol. The summed E-state index contributed by atoms with van der Waals surface area (Å²) in [5.74, 6) is 8.41. The fourth-order valence-electron chi connectivity index (χ4n) is 10.4. The van der Waals surface area contributed by atoms with Crippen molar-refractivity contribution in [2.24, 2.45) is 0 Å². The smallest absolute Gasteiger partial charge is 0.245 e. The lowest BCUT2D eigenvalue weighted by molar-refractivity contribution is -0.139. The SMILES string of the molecule is CCN(CC)[C@@H](C(=O)N1CCC#C[C@H]1c1ncc(-c2ccc(-c3ccc4c(c3)CCCCc3[nH]c([C@@H]5CCCN5C(=O)[C@@H](c5ccccc5)N(CC)CC)nc3-4)cc2)[nH]1)c1ccccc1. The average molecular weight is 867 g/mol. The monoisotopic (exact) mass is 866 g/mol. The normalized spacial score (nSPS) is 18.1. The largest absolute Gasteiger partial charge is 0.344 e. The van der Waals surface area contributed by atoms with Crippen molar-refractivity contribution >= 4 is 11.8 Å². The van der Waals surface area contributed by atoms with Crippen LogP contribution in [-0.2, 0) is 22.4 Å². The van der Waals surface area contributed by atoms with Gasteiger partial charge in [-0.15, -0.1) is 0 Å². The van der Waals surface area contributed by atoms with E-state index in [0.717, 1.165) is 111 Å². The first-order valence-electron chi connectivity index (χ1n) is 24.0. The summed E-state index contributed by atoms with van der Waals surface area (Å²) < 4.78 is 0. The minimum atomic E-state index is -0.454. The summed E-state index contributed by atoms with van der Waals surface area (Å²) in [5.41, 5.74) is 10.9. The number of aromatic amines is 2. The van der Waals surface area contributed by atoms with Crippen molar-refractivity contribution in [1.29, 1.82) is 0 Å². The molecule has 2 aliphatic heterocycles. The highest BCUT2D eigenvalue weighted by Crippen LogP contribution is 2.39. The highest BCUT2D eigenvalue weighted by atomic mass is 16.2. The van der Waals surface area contributed by atoms with E-state index in [1.807, 2.05) is 59.6 Å². The second kappa shape index (κ2) is 19.9. The van der Waals surface area contributed by atoms with E-state index in [4.69, 9.17) is 9.97 Å².